The molecule has 0 radical (unpaired) electrons. The molecular weight excluding hydrogens is 342 g/mol. The number of rotatable bonds is 5. The van der Waals surface area contributed by atoms with Crippen molar-refractivity contribution in [2.75, 3.05) is 26.8 Å². The lowest BCUT2D eigenvalue weighted by Gasteiger charge is -2.37. The quantitative estimate of drug-likeness (QED) is 0.803. The molecule has 0 spiro atoms. The van der Waals surface area contributed by atoms with Crippen molar-refractivity contribution in [3.8, 4) is 5.75 Å². The number of hydrogen-bond donors (Lipinski definition) is 0. The van der Waals surface area contributed by atoms with E-state index in [1.165, 1.54) is 32.1 Å². The fraction of sp³-hybridized carbons (Fsp3) is 0.650. The zero-order chi connectivity index (χ0) is 18.6. The summed E-state index contributed by atoms with van der Waals surface area (Å²) in [6.07, 6.45) is 6.27. The fourth-order valence-corrected chi connectivity index (χ4v) is 4.29. The second kappa shape index (κ2) is 8.35. The number of methoxy groups -OCH3 is 1. The Bertz CT molecular complexity index is 743. The topological polar surface area (TPSA) is 65.3 Å². The van der Waals surface area contributed by atoms with Crippen molar-refractivity contribution in [2.45, 2.75) is 57.2 Å². The van der Waals surface area contributed by atoms with Crippen LogP contribution in [0.15, 0.2) is 24.3 Å². The minimum atomic E-state index is 0.0373. The van der Waals surface area contributed by atoms with Crippen LogP contribution in [0.3, 0.4) is 0 Å². The van der Waals surface area contributed by atoms with E-state index in [1.807, 2.05) is 12.1 Å². The van der Waals surface area contributed by atoms with Gasteiger partial charge in [0.05, 0.1) is 31.9 Å². The molecule has 1 aliphatic heterocycles. The van der Waals surface area contributed by atoms with Crippen molar-refractivity contribution >= 4 is 0 Å². The molecule has 1 aromatic heterocycles. The highest BCUT2D eigenvalue weighted by Crippen LogP contribution is 2.32. The number of aromatic nitrogens is 4. The first-order valence-electron chi connectivity index (χ1n) is 10.0. The molecule has 2 unspecified atom stereocenters. The Kier molecular flexibility index (Phi) is 5.69. The van der Waals surface area contributed by atoms with E-state index in [-0.39, 0.29) is 12.1 Å². The van der Waals surface area contributed by atoms with Crippen molar-refractivity contribution in [2.24, 2.45) is 0 Å². The standard InChI is InChI=1S/C20H29N5O2/c1-15(20-21-22-23-25(20)17-8-4-3-5-9-17)24-11-12-27-19(14-24)16-7-6-10-18(13-16)26-2/h6-7,10,13,15,17,19H,3-5,8-9,11-12,14H2,1-2H3. The van der Waals surface area contributed by atoms with Crippen molar-refractivity contribution in [3.05, 3.63) is 35.7 Å². The first-order chi connectivity index (χ1) is 13.3. The van der Waals surface area contributed by atoms with Gasteiger partial charge in [0.2, 0.25) is 0 Å². The highest BCUT2D eigenvalue weighted by Gasteiger charge is 2.30. The number of morpholine rings is 1. The predicted octanol–water partition coefficient (Wildman–Crippen LogP) is 3.32. The van der Waals surface area contributed by atoms with E-state index in [4.69, 9.17) is 9.47 Å². The highest BCUT2D eigenvalue weighted by molar-refractivity contribution is 5.30. The normalized spacial score (nSPS) is 23.3. The van der Waals surface area contributed by atoms with Crippen LogP contribution in [0.1, 0.15) is 68.6 Å². The number of ether oxygens (including phenoxy) is 2. The van der Waals surface area contributed by atoms with Crippen LogP contribution >= 0.6 is 0 Å². The summed E-state index contributed by atoms with van der Waals surface area (Å²) in [6, 6.07) is 8.76. The zero-order valence-electron chi connectivity index (χ0n) is 16.3. The third kappa shape index (κ3) is 3.99. The molecule has 1 saturated carbocycles. The van der Waals surface area contributed by atoms with Gasteiger partial charge in [0.1, 0.15) is 5.75 Å². The van der Waals surface area contributed by atoms with Crippen LogP contribution in [-0.4, -0.2) is 51.9 Å². The fourth-order valence-electron chi connectivity index (χ4n) is 4.29. The molecule has 0 amide bonds. The smallest absolute Gasteiger partial charge is 0.168 e. The molecule has 0 bridgehead atoms. The second-order valence-electron chi connectivity index (χ2n) is 7.58. The molecule has 0 N–H and O–H groups in total. The maximum Gasteiger partial charge on any atom is 0.168 e. The summed E-state index contributed by atoms with van der Waals surface area (Å²) in [7, 11) is 1.69. The molecule has 2 fully saturated rings. The first kappa shape index (κ1) is 18.4. The molecule has 4 rings (SSSR count). The second-order valence-corrected chi connectivity index (χ2v) is 7.58. The average molecular weight is 371 g/mol. The van der Waals surface area contributed by atoms with E-state index >= 15 is 0 Å². The largest absolute Gasteiger partial charge is 0.497 e. The van der Waals surface area contributed by atoms with Crippen LogP contribution in [-0.2, 0) is 4.74 Å². The molecule has 27 heavy (non-hydrogen) atoms. The molecule has 1 aliphatic carbocycles. The van der Waals surface area contributed by atoms with Gasteiger partial charge in [-0.1, -0.05) is 31.4 Å². The molecule has 1 saturated heterocycles. The summed E-state index contributed by atoms with van der Waals surface area (Å²) < 4.78 is 13.5. The number of hydrogen-bond acceptors (Lipinski definition) is 6. The molecule has 2 aromatic rings. The summed E-state index contributed by atoms with van der Waals surface area (Å²) >= 11 is 0. The van der Waals surface area contributed by atoms with Crippen molar-refractivity contribution in [1.82, 2.24) is 25.1 Å². The Morgan fingerprint density at radius 1 is 1.22 bits per heavy atom. The Labute approximate surface area is 160 Å². The zero-order valence-corrected chi connectivity index (χ0v) is 16.3. The lowest BCUT2D eigenvalue weighted by atomic mass is 9.95. The minimum Gasteiger partial charge on any atom is -0.497 e. The average Bonchev–Trinajstić information content (AvgIpc) is 3.24. The summed E-state index contributed by atoms with van der Waals surface area (Å²) in [6.45, 7) is 4.63. The summed E-state index contributed by atoms with van der Waals surface area (Å²) in [4.78, 5) is 2.43. The molecule has 1 aromatic carbocycles. The SMILES string of the molecule is COc1cccc(C2CN(C(C)c3nnnn3C3CCCCC3)CCO2)c1. The lowest BCUT2D eigenvalue weighted by Crippen LogP contribution is -2.41. The molecule has 7 nitrogen and oxygen atoms in total. The molecule has 7 heteroatoms. The van der Waals surface area contributed by atoms with Gasteiger partial charge in [-0.05, 0) is 47.9 Å². The van der Waals surface area contributed by atoms with E-state index in [2.05, 4.69) is 44.2 Å². The third-order valence-corrected chi connectivity index (χ3v) is 5.92. The van der Waals surface area contributed by atoms with E-state index in [0.717, 1.165) is 30.2 Å². The van der Waals surface area contributed by atoms with Gasteiger partial charge >= 0.3 is 0 Å². The van der Waals surface area contributed by atoms with Gasteiger partial charge in [-0.3, -0.25) is 4.90 Å². The summed E-state index contributed by atoms with van der Waals surface area (Å²) in [5.41, 5.74) is 1.15. The van der Waals surface area contributed by atoms with Crippen molar-refractivity contribution in [3.63, 3.8) is 0 Å². The first-order valence-corrected chi connectivity index (χ1v) is 10.0. The van der Waals surface area contributed by atoms with Gasteiger partial charge in [-0.25, -0.2) is 4.68 Å². The van der Waals surface area contributed by atoms with Crippen LogP contribution in [0.25, 0.3) is 0 Å². The Morgan fingerprint density at radius 3 is 2.89 bits per heavy atom. The Morgan fingerprint density at radius 2 is 2.07 bits per heavy atom. The van der Waals surface area contributed by atoms with Crippen molar-refractivity contribution in [1.29, 1.82) is 0 Å². The molecule has 146 valence electrons. The van der Waals surface area contributed by atoms with Gasteiger partial charge in [-0.2, -0.15) is 0 Å². The maximum atomic E-state index is 6.05. The van der Waals surface area contributed by atoms with Crippen molar-refractivity contribution < 1.29 is 9.47 Å². The minimum absolute atomic E-state index is 0.0373. The number of tetrazole rings is 1. The van der Waals surface area contributed by atoms with Crippen LogP contribution in [0.5, 0.6) is 5.75 Å². The van der Waals surface area contributed by atoms with Gasteiger partial charge < -0.3 is 9.47 Å². The van der Waals surface area contributed by atoms with E-state index in [9.17, 15) is 0 Å². The monoisotopic (exact) mass is 371 g/mol. The van der Waals surface area contributed by atoms with Gasteiger partial charge in [0, 0.05) is 13.1 Å². The van der Waals surface area contributed by atoms with Gasteiger partial charge in [0.25, 0.3) is 0 Å². The summed E-state index contributed by atoms with van der Waals surface area (Å²) in [5.74, 6) is 1.84. The van der Waals surface area contributed by atoms with Crippen LogP contribution in [0, 0.1) is 0 Å². The third-order valence-electron chi connectivity index (χ3n) is 5.92. The van der Waals surface area contributed by atoms with Crippen LogP contribution in [0.4, 0.5) is 0 Å². The van der Waals surface area contributed by atoms with Gasteiger partial charge in [0.15, 0.2) is 5.82 Å². The molecule has 2 aliphatic rings. The molecule has 2 atom stereocenters. The molecule has 2 heterocycles. The number of benzene rings is 1. The predicted molar refractivity (Wildman–Crippen MR) is 102 cm³/mol. The maximum absolute atomic E-state index is 6.05. The van der Waals surface area contributed by atoms with E-state index in [0.29, 0.717) is 12.6 Å². The summed E-state index contributed by atoms with van der Waals surface area (Å²) in [5, 5.41) is 12.7. The Balaban J connectivity index is 1.49. The highest BCUT2D eigenvalue weighted by atomic mass is 16.5. The molecular formula is C20H29N5O2. The van der Waals surface area contributed by atoms with Crippen LogP contribution in [0.2, 0.25) is 0 Å². The van der Waals surface area contributed by atoms with E-state index < -0.39 is 0 Å². The van der Waals surface area contributed by atoms with Gasteiger partial charge in [-0.15, -0.1) is 5.10 Å². The lowest BCUT2D eigenvalue weighted by molar-refractivity contribution is -0.0450. The van der Waals surface area contributed by atoms with E-state index in [1.54, 1.807) is 7.11 Å². The van der Waals surface area contributed by atoms with Crippen LogP contribution < -0.4 is 4.74 Å². The number of nitrogens with zero attached hydrogens (tertiary/aromatic N) is 5. The Hall–Kier alpha value is -1.99.